The van der Waals surface area contributed by atoms with Gasteiger partial charge in [0.05, 0.1) is 0 Å². The fraction of sp³-hybridized carbons (Fsp3) is 0.0526. The highest BCUT2D eigenvalue weighted by molar-refractivity contribution is 5.90. The maximum Gasteiger partial charge on any atom is 0.335 e. The van der Waals surface area contributed by atoms with Crippen LogP contribution < -0.4 is 9.47 Å². The van der Waals surface area contributed by atoms with E-state index in [-0.39, 0.29) is 35.0 Å². The lowest BCUT2D eigenvalue weighted by molar-refractivity contribution is -0.129. The zero-order chi connectivity index (χ0) is 18.4. The van der Waals surface area contributed by atoms with Gasteiger partial charge in [-0.15, -0.1) is 0 Å². The lowest BCUT2D eigenvalue weighted by Crippen LogP contribution is -2.07. The Morgan fingerprint density at radius 1 is 0.920 bits per heavy atom. The van der Waals surface area contributed by atoms with Gasteiger partial charge >= 0.3 is 5.97 Å². The number of carbonyl (C=O) groups is 2. The number of halogens is 2. The summed E-state index contributed by atoms with van der Waals surface area (Å²) in [5.74, 6) is -2.45. The van der Waals surface area contributed by atoms with Crippen molar-refractivity contribution in [1.82, 2.24) is 0 Å². The second-order valence-electron chi connectivity index (χ2n) is 4.87. The summed E-state index contributed by atoms with van der Waals surface area (Å²) in [5.41, 5.74) is -0.00823. The van der Waals surface area contributed by atoms with Gasteiger partial charge in [0, 0.05) is 29.3 Å². The molecule has 0 radical (unpaired) electrons. The third-order valence-corrected chi connectivity index (χ3v) is 3.17. The monoisotopic (exact) mass is 344 g/mol. The standard InChI is InChI=1S/C19H14F2O4/c1-3-12(22)11-24-13-5-7-15(17(20)9-13)16-8-6-14(10-18(16)21)25-19(23)4-2/h3-10H,1-2,11H2. The molecule has 128 valence electrons. The molecule has 0 fully saturated rings. The van der Waals surface area contributed by atoms with Crippen LogP contribution in [0, 0.1) is 11.6 Å². The summed E-state index contributed by atoms with van der Waals surface area (Å²) in [6, 6.07) is 7.41. The van der Waals surface area contributed by atoms with Crippen molar-refractivity contribution in [3.05, 3.63) is 73.3 Å². The largest absolute Gasteiger partial charge is 0.485 e. The highest BCUT2D eigenvalue weighted by Gasteiger charge is 2.13. The highest BCUT2D eigenvalue weighted by atomic mass is 19.1. The van der Waals surface area contributed by atoms with Crippen LogP contribution in [0.2, 0.25) is 0 Å². The Morgan fingerprint density at radius 3 is 2.00 bits per heavy atom. The zero-order valence-electron chi connectivity index (χ0n) is 13.1. The molecule has 0 saturated heterocycles. The van der Waals surface area contributed by atoms with Crippen molar-refractivity contribution >= 4 is 11.8 Å². The van der Waals surface area contributed by atoms with Gasteiger partial charge < -0.3 is 9.47 Å². The molecule has 0 aliphatic rings. The van der Waals surface area contributed by atoms with E-state index in [9.17, 15) is 18.4 Å². The average Bonchev–Trinajstić information content (AvgIpc) is 2.60. The van der Waals surface area contributed by atoms with E-state index in [1.807, 2.05) is 0 Å². The van der Waals surface area contributed by atoms with Gasteiger partial charge in [-0.1, -0.05) is 13.2 Å². The summed E-state index contributed by atoms with van der Waals surface area (Å²) in [6.45, 7) is 6.28. The summed E-state index contributed by atoms with van der Waals surface area (Å²) < 4.78 is 38.3. The van der Waals surface area contributed by atoms with Crippen molar-refractivity contribution in [3.8, 4) is 22.6 Å². The molecule has 4 nitrogen and oxygen atoms in total. The first-order chi connectivity index (χ1) is 11.9. The first-order valence-electron chi connectivity index (χ1n) is 7.16. The molecule has 0 heterocycles. The van der Waals surface area contributed by atoms with Crippen LogP contribution in [-0.2, 0) is 9.59 Å². The first-order valence-corrected chi connectivity index (χ1v) is 7.16. The number of ether oxygens (including phenoxy) is 2. The Hall–Kier alpha value is -3.28. The maximum absolute atomic E-state index is 14.2. The minimum Gasteiger partial charge on any atom is -0.485 e. The second-order valence-corrected chi connectivity index (χ2v) is 4.87. The Balaban J connectivity index is 2.23. The lowest BCUT2D eigenvalue weighted by Gasteiger charge is -2.09. The SMILES string of the molecule is C=CC(=O)COc1ccc(-c2ccc(OC(=O)C=C)cc2F)c(F)c1. The Kier molecular flexibility index (Phi) is 5.79. The van der Waals surface area contributed by atoms with Gasteiger partial charge in [-0.25, -0.2) is 13.6 Å². The number of carbonyl (C=O) groups excluding carboxylic acids is 2. The van der Waals surface area contributed by atoms with Crippen molar-refractivity contribution in [2.45, 2.75) is 0 Å². The Morgan fingerprint density at radius 2 is 1.48 bits per heavy atom. The Labute approximate surface area is 143 Å². The van der Waals surface area contributed by atoms with Gasteiger partial charge in [0.1, 0.15) is 23.1 Å². The van der Waals surface area contributed by atoms with Crippen molar-refractivity contribution in [2.24, 2.45) is 0 Å². The van der Waals surface area contributed by atoms with Gasteiger partial charge in [-0.3, -0.25) is 4.79 Å². The van der Waals surface area contributed by atoms with Crippen LogP contribution in [0.4, 0.5) is 8.78 Å². The van der Waals surface area contributed by atoms with E-state index in [0.29, 0.717) is 0 Å². The third-order valence-electron chi connectivity index (χ3n) is 3.17. The van der Waals surface area contributed by atoms with Crippen molar-refractivity contribution in [1.29, 1.82) is 0 Å². The van der Waals surface area contributed by atoms with Crippen LogP contribution in [0.1, 0.15) is 0 Å². The molecule has 0 unspecified atom stereocenters. The van der Waals surface area contributed by atoms with E-state index in [2.05, 4.69) is 13.2 Å². The minimum atomic E-state index is -0.760. The molecule has 0 spiro atoms. The van der Waals surface area contributed by atoms with Crippen LogP contribution in [0.3, 0.4) is 0 Å². The topological polar surface area (TPSA) is 52.6 Å². The predicted molar refractivity (Wildman–Crippen MR) is 88.3 cm³/mol. The number of hydrogen-bond donors (Lipinski definition) is 0. The van der Waals surface area contributed by atoms with E-state index in [4.69, 9.17) is 9.47 Å². The van der Waals surface area contributed by atoms with Gasteiger partial charge in [0.2, 0.25) is 0 Å². The summed E-state index contributed by atoms with van der Waals surface area (Å²) in [6.07, 6.45) is 2.04. The fourth-order valence-electron chi connectivity index (χ4n) is 1.95. The van der Waals surface area contributed by atoms with Crippen molar-refractivity contribution in [3.63, 3.8) is 0 Å². The first kappa shape index (κ1) is 18.1. The molecule has 0 saturated carbocycles. The maximum atomic E-state index is 14.2. The molecule has 0 aromatic heterocycles. The van der Waals surface area contributed by atoms with E-state index >= 15 is 0 Å². The predicted octanol–water partition coefficient (Wildman–Crippen LogP) is 3.86. The van der Waals surface area contributed by atoms with Gasteiger partial charge in [0.15, 0.2) is 12.4 Å². The van der Waals surface area contributed by atoms with Crippen molar-refractivity contribution < 1.29 is 27.8 Å². The highest BCUT2D eigenvalue weighted by Crippen LogP contribution is 2.30. The van der Waals surface area contributed by atoms with Crippen LogP contribution in [0.15, 0.2) is 61.7 Å². The summed E-state index contributed by atoms with van der Waals surface area (Å²) in [7, 11) is 0. The molecule has 6 heteroatoms. The number of ketones is 1. The molecule has 25 heavy (non-hydrogen) atoms. The number of hydrogen-bond acceptors (Lipinski definition) is 4. The summed E-state index contributed by atoms with van der Waals surface area (Å²) in [5, 5.41) is 0. The van der Waals surface area contributed by atoms with E-state index < -0.39 is 17.6 Å². The van der Waals surface area contributed by atoms with Crippen LogP contribution in [-0.4, -0.2) is 18.4 Å². The quantitative estimate of drug-likeness (QED) is 0.435. The minimum absolute atomic E-state index is 0.00138. The van der Waals surface area contributed by atoms with Crippen LogP contribution in [0.25, 0.3) is 11.1 Å². The van der Waals surface area contributed by atoms with Gasteiger partial charge in [0.25, 0.3) is 0 Å². The summed E-state index contributed by atoms with van der Waals surface area (Å²) in [4.78, 5) is 22.2. The molecular weight excluding hydrogens is 330 g/mol. The third kappa shape index (κ3) is 4.60. The molecule has 0 N–H and O–H groups in total. The molecule has 0 aliphatic heterocycles. The van der Waals surface area contributed by atoms with E-state index in [1.54, 1.807) is 0 Å². The molecule has 2 aromatic carbocycles. The average molecular weight is 344 g/mol. The summed E-state index contributed by atoms with van der Waals surface area (Å²) >= 11 is 0. The fourth-order valence-corrected chi connectivity index (χ4v) is 1.95. The number of esters is 1. The Bertz CT molecular complexity index is 843. The normalized spacial score (nSPS) is 10.0. The van der Waals surface area contributed by atoms with E-state index in [1.165, 1.54) is 24.3 Å². The molecule has 2 aromatic rings. The number of rotatable bonds is 7. The zero-order valence-corrected chi connectivity index (χ0v) is 13.1. The van der Waals surface area contributed by atoms with Gasteiger partial charge in [-0.2, -0.15) is 0 Å². The van der Waals surface area contributed by atoms with E-state index in [0.717, 1.165) is 24.3 Å². The van der Waals surface area contributed by atoms with Gasteiger partial charge in [-0.05, 0) is 30.3 Å². The van der Waals surface area contributed by atoms with Crippen LogP contribution >= 0.6 is 0 Å². The van der Waals surface area contributed by atoms with Crippen molar-refractivity contribution in [2.75, 3.05) is 6.61 Å². The molecular formula is C19H14F2O4. The lowest BCUT2D eigenvalue weighted by atomic mass is 10.0. The molecule has 0 aliphatic carbocycles. The molecule has 0 atom stereocenters. The molecule has 0 bridgehead atoms. The molecule has 0 amide bonds. The van der Waals surface area contributed by atoms with Crippen LogP contribution in [0.5, 0.6) is 11.5 Å². The number of benzene rings is 2. The molecule has 2 rings (SSSR count). The smallest absolute Gasteiger partial charge is 0.335 e. The second kappa shape index (κ2) is 8.01.